The normalized spacial score (nSPS) is 10.5. The average molecular weight is 297 g/mol. The van der Waals surface area contributed by atoms with Crippen LogP contribution in [0.2, 0.25) is 10.0 Å². The second-order valence-corrected chi connectivity index (χ2v) is 4.91. The van der Waals surface area contributed by atoms with Gasteiger partial charge in [0.15, 0.2) is 5.78 Å². The molecule has 0 saturated carbocycles. The predicted octanol–water partition coefficient (Wildman–Crippen LogP) is 5.39. The van der Waals surface area contributed by atoms with Crippen LogP contribution in [0.4, 0.5) is 4.39 Å². The van der Waals surface area contributed by atoms with Crippen LogP contribution >= 0.6 is 23.2 Å². The van der Waals surface area contributed by atoms with Crippen molar-refractivity contribution < 1.29 is 9.18 Å². The average Bonchev–Trinajstić information content (AvgIpc) is 2.41. The lowest BCUT2D eigenvalue weighted by atomic mass is 10.00. The molecular weight excluding hydrogens is 286 g/mol. The minimum absolute atomic E-state index is 0.0266. The standard InChI is InChI=1S/C15H11Cl2FO/c1-2-15(19)10-4-6-14(18)11(7-10)9-3-5-12(16)13(17)8-9/h3-8H,2H2,1H3. The molecule has 0 unspecified atom stereocenters. The topological polar surface area (TPSA) is 17.1 Å². The van der Waals surface area contributed by atoms with Gasteiger partial charge in [-0.2, -0.15) is 0 Å². The largest absolute Gasteiger partial charge is 0.294 e. The first-order chi connectivity index (χ1) is 9.02. The second-order valence-electron chi connectivity index (χ2n) is 4.10. The molecule has 0 saturated heterocycles. The van der Waals surface area contributed by atoms with E-state index in [0.29, 0.717) is 33.2 Å². The molecule has 0 N–H and O–H groups in total. The Kier molecular flexibility index (Phi) is 4.23. The molecule has 0 radical (unpaired) electrons. The Morgan fingerprint density at radius 1 is 1.11 bits per heavy atom. The molecule has 0 heterocycles. The highest BCUT2D eigenvalue weighted by atomic mass is 35.5. The van der Waals surface area contributed by atoms with Crippen LogP contribution in [0.25, 0.3) is 11.1 Å². The number of benzene rings is 2. The van der Waals surface area contributed by atoms with Crippen molar-refractivity contribution in [3.8, 4) is 11.1 Å². The molecule has 19 heavy (non-hydrogen) atoms. The highest BCUT2D eigenvalue weighted by Gasteiger charge is 2.11. The molecule has 0 aliphatic heterocycles. The smallest absolute Gasteiger partial charge is 0.162 e. The fourth-order valence-corrected chi connectivity index (χ4v) is 2.09. The van der Waals surface area contributed by atoms with Crippen molar-refractivity contribution in [1.29, 1.82) is 0 Å². The summed E-state index contributed by atoms with van der Waals surface area (Å²) in [7, 11) is 0. The van der Waals surface area contributed by atoms with Crippen molar-refractivity contribution in [2.45, 2.75) is 13.3 Å². The quantitative estimate of drug-likeness (QED) is 0.694. The van der Waals surface area contributed by atoms with Gasteiger partial charge in [0.1, 0.15) is 5.82 Å². The number of carbonyl (C=O) groups excluding carboxylic acids is 1. The Labute approximate surface area is 121 Å². The fourth-order valence-electron chi connectivity index (χ4n) is 1.79. The zero-order chi connectivity index (χ0) is 14.0. The summed E-state index contributed by atoms with van der Waals surface area (Å²) in [6.07, 6.45) is 0.381. The first-order valence-electron chi connectivity index (χ1n) is 5.81. The zero-order valence-electron chi connectivity index (χ0n) is 10.2. The van der Waals surface area contributed by atoms with E-state index < -0.39 is 5.82 Å². The monoisotopic (exact) mass is 296 g/mol. The first-order valence-corrected chi connectivity index (χ1v) is 6.56. The molecule has 0 aliphatic rings. The number of rotatable bonds is 3. The summed E-state index contributed by atoms with van der Waals surface area (Å²) in [5.74, 6) is -0.424. The van der Waals surface area contributed by atoms with Crippen molar-refractivity contribution in [3.63, 3.8) is 0 Å². The van der Waals surface area contributed by atoms with Gasteiger partial charge in [-0.05, 0) is 35.9 Å². The summed E-state index contributed by atoms with van der Waals surface area (Å²) < 4.78 is 13.9. The third kappa shape index (κ3) is 2.96. The summed E-state index contributed by atoms with van der Waals surface area (Å²) in [6, 6.07) is 9.19. The van der Waals surface area contributed by atoms with Gasteiger partial charge in [-0.15, -0.1) is 0 Å². The Hall–Kier alpha value is -1.38. The summed E-state index contributed by atoms with van der Waals surface area (Å²) in [6.45, 7) is 1.77. The van der Waals surface area contributed by atoms with Gasteiger partial charge in [-0.25, -0.2) is 4.39 Å². The van der Waals surface area contributed by atoms with E-state index in [1.54, 1.807) is 31.2 Å². The van der Waals surface area contributed by atoms with E-state index in [0.717, 1.165) is 0 Å². The predicted molar refractivity (Wildman–Crippen MR) is 76.5 cm³/mol. The van der Waals surface area contributed by atoms with Gasteiger partial charge in [0.05, 0.1) is 10.0 Å². The maximum atomic E-state index is 13.9. The molecule has 0 bridgehead atoms. The van der Waals surface area contributed by atoms with Gasteiger partial charge < -0.3 is 0 Å². The lowest BCUT2D eigenvalue weighted by Gasteiger charge is -2.07. The number of hydrogen-bond donors (Lipinski definition) is 0. The van der Waals surface area contributed by atoms with Crippen LogP contribution in [0, 0.1) is 5.82 Å². The molecular formula is C15H11Cl2FO. The molecule has 0 atom stereocenters. The summed E-state index contributed by atoms with van der Waals surface area (Å²) >= 11 is 11.8. The van der Waals surface area contributed by atoms with E-state index >= 15 is 0 Å². The molecule has 4 heteroatoms. The fraction of sp³-hybridized carbons (Fsp3) is 0.133. The molecule has 0 aromatic heterocycles. The maximum absolute atomic E-state index is 13.9. The number of hydrogen-bond acceptors (Lipinski definition) is 1. The molecule has 0 aliphatic carbocycles. The number of halogens is 3. The van der Waals surface area contributed by atoms with E-state index in [9.17, 15) is 9.18 Å². The second kappa shape index (κ2) is 5.72. The van der Waals surface area contributed by atoms with Gasteiger partial charge in [-0.1, -0.05) is 36.2 Å². The Morgan fingerprint density at radius 3 is 2.47 bits per heavy atom. The van der Waals surface area contributed by atoms with Crippen LogP contribution in [0.15, 0.2) is 36.4 Å². The summed E-state index contributed by atoms with van der Waals surface area (Å²) in [4.78, 5) is 11.7. The number of Topliss-reactive ketones (excluding diaryl/α,β-unsaturated/α-hetero) is 1. The third-order valence-corrected chi connectivity index (χ3v) is 3.58. The molecule has 2 rings (SSSR count). The van der Waals surface area contributed by atoms with Gasteiger partial charge in [0.2, 0.25) is 0 Å². The molecule has 0 spiro atoms. The van der Waals surface area contributed by atoms with E-state index in [1.165, 1.54) is 12.1 Å². The molecule has 1 nitrogen and oxygen atoms in total. The van der Waals surface area contributed by atoms with Gasteiger partial charge >= 0.3 is 0 Å². The van der Waals surface area contributed by atoms with E-state index in [1.807, 2.05) is 0 Å². The molecule has 2 aromatic rings. The van der Waals surface area contributed by atoms with Gasteiger partial charge in [0, 0.05) is 17.5 Å². The Morgan fingerprint density at radius 2 is 1.84 bits per heavy atom. The van der Waals surface area contributed by atoms with Crippen LogP contribution in [0.1, 0.15) is 23.7 Å². The maximum Gasteiger partial charge on any atom is 0.162 e. The van der Waals surface area contributed by atoms with Crippen molar-refractivity contribution in [1.82, 2.24) is 0 Å². The van der Waals surface area contributed by atoms with Crippen molar-refractivity contribution in [2.24, 2.45) is 0 Å². The van der Waals surface area contributed by atoms with Crippen LogP contribution in [0.5, 0.6) is 0 Å². The van der Waals surface area contributed by atoms with Gasteiger partial charge in [-0.3, -0.25) is 4.79 Å². The minimum atomic E-state index is -0.397. The Bertz CT molecular complexity index is 638. The van der Waals surface area contributed by atoms with Crippen molar-refractivity contribution in [3.05, 3.63) is 57.8 Å². The SMILES string of the molecule is CCC(=O)c1ccc(F)c(-c2ccc(Cl)c(Cl)c2)c1. The van der Waals surface area contributed by atoms with Crippen molar-refractivity contribution in [2.75, 3.05) is 0 Å². The third-order valence-electron chi connectivity index (χ3n) is 2.84. The van der Waals surface area contributed by atoms with E-state index in [-0.39, 0.29) is 5.78 Å². The van der Waals surface area contributed by atoms with Crippen LogP contribution in [0.3, 0.4) is 0 Å². The zero-order valence-corrected chi connectivity index (χ0v) is 11.7. The summed E-state index contributed by atoms with van der Waals surface area (Å²) in [5, 5.41) is 0.761. The van der Waals surface area contributed by atoms with Crippen molar-refractivity contribution >= 4 is 29.0 Å². The van der Waals surface area contributed by atoms with E-state index in [4.69, 9.17) is 23.2 Å². The van der Waals surface area contributed by atoms with Gasteiger partial charge in [0.25, 0.3) is 0 Å². The lowest BCUT2D eigenvalue weighted by molar-refractivity contribution is 0.0988. The Balaban J connectivity index is 2.54. The minimum Gasteiger partial charge on any atom is -0.294 e. The number of ketones is 1. The first kappa shape index (κ1) is 14.0. The highest BCUT2D eigenvalue weighted by molar-refractivity contribution is 6.42. The molecule has 0 amide bonds. The van der Waals surface area contributed by atoms with Crippen LogP contribution in [-0.4, -0.2) is 5.78 Å². The molecule has 98 valence electrons. The highest BCUT2D eigenvalue weighted by Crippen LogP contribution is 2.30. The summed E-state index contributed by atoms with van der Waals surface area (Å²) in [5.41, 5.74) is 1.43. The van der Waals surface area contributed by atoms with E-state index in [2.05, 4.69) is 0 Å². The number of carbonyl (C=O) groups is 1. The lowest BCUT2D eigenvalue weighted by Crippen LogP contribution is -1.98. The van der Waals surface area contributed by atoms with Crippen LogP contribution < -0.4 is 0 Å². The molecule has 2 aromatic carbocycles. The van der Waals surface area contributed by atoms with Crippen LogP contribution in [-0.2, 0) is 0 Å². The molecule has 0 fully saturated rings.